The highest BCUT2D eigenvalue weighted by atomic mass is 28.4. The van der Waals surface area contributed by atoms with E-state index in [0.29, 0.717) is 0 Å². The molecule has 2 unspecified atom stereocenters. The van der Waals surface area contributed by atoms with E-state index in [1.165, 1.54) is 18.2 Å². The van der Waals surface area contributed by atoms with Crippen LogP contribution in [0.5, 0.6) is 0 Å². The number of hydrogen-bond donors (Lipinski definition) is 0. The van der Waals surface area contributed by atoms with Crippen LogP contribution < -0.4 is 0 Å². The first-order valence-electron chi connectivity index (χ1n) is 9.19. The summed E-state index contributed by atoms with van der Waals surface area (Å²) < 4.78 is 6.09. The van der Waals surface area contributed by atoms with Crippen LogP contribution in [-0.2, 0) is 14.0 Å². The van der Waals surface area contributed by atoms with Crippen molar-refractivity contribution in [2.24, 2.45) is 10.4 Å². The third kappa shape index (κ3) is 3.01. The average molecular weight is 431 g/mol. The molecule has 2 atom stereocenters. The third-order valence-corrected chi connectivity index (χ3v) is 10.5. The van der Waals surface area contributed by atoms with E-state index in [-0.39, 0.29) is 16.2 Å². The van der Waals surface area contributed by atoms with Crippen molar-refractivity contribution in [3.05, 3.63) is 67.6 Å². The van der Waals surface area contributed by atoms with E-state index in [4.69, 9.17) is 4.43 Å². The second-order valence-corrected chi connectivity index (χ2v) is 13.6. The molecule has 11 heteroatoms. The van der Waals surface area contributed by atoms with Crippen molar-refractivity contribution in [1.29, 1.82) is 0 Å². The molecule has 0 aromatic heterocycles. The summed E-state index contributed by atoms with van der Waals surface area (Å²) in [6.45, 7) is 9.55. The molecule has 0 fully saturated rings. The minimum Gasteiger partial charge on any atom is -0.400 e. The van der Waals surface area contributed by atoms with Crippen molar-refractivity contribution >= 4 is 25.7 Å². The molecule has 2 aliphatic carbocycles. The number of nitrogens with zero attached hydrogens (tertiary/aromatic N) is 3. The van der Waals surface area contributed by atoms with Crippen LogP contribution in [0.25, 0.3) is 0 Å². The summed E-state index contributed by atoms with van der Waals surface area (Å²) in [6, 6.07) is 0. The minimum atomic E-state index is -2.60. The normalized spacial score (nSPS) is 26.1. The van der Waals surface area contributed by atoms with Gasteiger partial charge in [0.15, 0.2) is 32.2 Å². The van der Waals surface area contributed by atoms with Gasteiger partial charge in [-0.15, -0.1) is 0 Å². The van der Waals surface area contributed by atoms with Gasteiger partial charge < -0.3 is 14.5 Å². The lowest BCUT2D eigenvalue weighted by Crippen LogP contribution is -2.57. The number of ketones is 2. The molecule has 0 saturated carbocycles. The fourth-order valence-corrected chi connectivity index (χ4v) is 4.57. The highest BCUT2D eigenvalue weighted by Crippen LogP contribution is 2.50. The summed E-state index contributed by atoms with van der Waals surface area (Å²) in [7, 11) is -2.60. The molecule has 1 heterocycles. The van der Waals surface area contributed by atoms with Gasteiger partial charge in [-0.05, 0) is 34.1 Å². The lowest BCUT2D eigenvalue weighted by molar-refractivity contribution is -0.421. The Morgan fingerprint density at radius 3 is 2.30 bits per heavy atom. The predicted molar refractivity (Wildman–Crippen MR) is 109 cm³/mol. The van der Waals surface area contributed by atoms with Gasteiger partial charge in [-0.2, -0.15) is 0 Å². The van der Waals surface area contributed by atoms with Gasteiger partial charge in [0, 0.05) is 6.08 Å². The second-order valence-electron chi connectivity index (χ2n) is 8.81. The summed E-state index contributed by atoms with van der Waals surface area (Å²) in [4.78, 5) is 51.8. The van der Waals surface area contributed by atoms with Crippen LogP contribution in [0.15, 0.2) is 52.3 Å². The molecule has 0 aromatic carbocycles. The standard InChI is InChI=1S/C19H21N3O7Si/c1-18(2,3)30(4,5)29-15-14(23)9-11-17(22(27)28)20-10-12-13(21(25)26)7-6-8-19(11,12)16(15)24/h6-10,15H,1-5H3. The maximum Gasteiger partial charge on any atom is 0.368 e. The molecule has 0 amide bonds. The molecular weight excluding hydrogens is 410 g/mol. The van der Waals surface area contributed by atoms with E-state index in [2.05, 4.69) is 4.99 Å². The van der Waals surface area contributed by atoms with Crippen LogP contribution in [-0.4, -0.2) is 41.7 Å². The molecule has 0 radical (unpaired) electrons. The molecule has 0 saturated heterocycles. The number of amidine groups is 1. The molecule has 1 aliphatic heterocycles. The monoisotopic (exact) mass is 431 g/mol. The average Bonchev–Trinajstić information content (AvgIpc) is 2.62. The number of carbonyl (C=O) groups is 2. The van der Waals surface area contributed by atoms with E-state index in [1.54, 1.807) is 0 Å². The molecule has 3 rings (SSSR count). The van der Waals surface area contributed by atoms with E-state index in [9.17, 15) is 29.8 Å². The Morgan fingerprint density at radius 1 is 1.13 bits per heavy atom. The van der Waals surface area contributed by atoms with E-state index in [0.717, 1.165) is 12.3 Å². The predicted octanol–water partition coefficient (Wildman–Crippen LogP) is 2.74. The molecule has 0 aromatic rings. The Bertz CT molecular complexity index is 1040. The largest absolute Gasteiger partial charge is 0.400 e. The number of rotatable bonds is 3. The zero-order chi connectivity index (χ0) is 22.6. The van der Waals surface area contributed by atoms with Gasteiger partial charge in [-0.3, -0.25) is 19.7 Å². The maximum absolute atomic E-state index is 13.7. The summed E-state index contributed by atoms with van der Waals surface area (Å²) in [5.74, 6) is -2.20. The molecule has 0 N–H and O–H groups in total. The Labute approximate surface area is 173 Å². The Hall–Kier alpha value is -3.05. The van der Waals surface area contributed by atoms with Crippen molar-refractivity contribution in [3.63, 3.8) is 0 Å². The van der Waals surface area contributed by atoms with Gasteiger partial charge in [-0.25, -0.2) is 0 Å². The van der Waals surface area contributed by atoms with Crippen molar-refractivity contribution < 1.29 is 23.9 Å². The zero-order valence-electron chi connectivity index (χ0n) is 17.2. The SMILES string of the molecule is CC(C)(C)[Si](C)(C)OC1C(=O)C=C2C([N+](=O)[O-])=NC=C3C([N+](=O)[O-])=CC=CC32C1=O. The first kappa shape index (κ1) is 21.7. The fraction of sp³-hybridized carbons (Fsp3) is 0.421. The van der Waals surface area contributed by atoms with Gasteiger partial charge in [0.2, 0.25) is 0 Å². The highest BCUT2D eigenvalue weighted by Gasteiger charge is 2.61. The topological polar surface area (TPSA) is 142 Å². The Balaban J connectivity index is 2.23. The first-order chi connectivity index (χ1) is 13.7. The summed E-state index contributed by atoms with van der Waals surface area (Å²) in [6.07, 6.45) is 4.25. The maximum atomic E-state index is 13.7. The lowest BCUT2D eigenvalue weighted by Gasteiger charge is -2.43. The third-order valence-electron chi connectivity index (χ3n) is 6.04. The number of allylic oxidation sites excluding steroid dienone is 4. The smallest absolute Gasteiger partial charge is 0.368 e. The molecule has 3 aliphatic rings. The van der Waals surface area contributed by atoms with Crippen LogP contribution in [0.2, 0.25) is 18.1 Å². The molecule has 10 nitrogen and oxygen atoms in total. The minimum absolute atomic E-state index is 0.117. The van der Waals surface area contributed by atoms with E-state index >= 15 is 0 Å². The van der Waals surface area contributed by atoms with Crippen LogP contribution in [0.1, 0.15) is 20.8 Å². The van der Waals surface area contributed by atoms with Crippen LogP contribution in [0.3, 0.4) is 0 Å². The summed E-state index contributed by atoms with van der Waals surface area (Å²) in [5.41, 5.74) is -2.68. The molecular formula is C19H21N3O7Si. The first-order valence-corrected chi connectivity index (χ1v) is 12.1. The van der Waals surface area contributed by atoms with Gasteiger partial charge >= 0.3 is 5.84 Å². The number of nitro groups is 2. The van der Waals surface area contributed by atoms with Crippen molar-refractivity contribution in [2.45, 2.75) is 45.0 Å². The van der Waals surface area contributed by atoms with E-state index < -0.39 is 52.8 Å². The number of carbonyl (C=O) groups excluding carboxylic acids is 2. The van der Waals surface area contributed by atoms with Gasteiger partial charge in [0.05, 0.1) is 16.1 Å². The molecule has 0 bridgehead atoms. The zero-order valence-corrected chi connectivity index (χ0v) is 18.2. The highest BCUT2D eigenvalue weighted by molar-refractivity contribution is 6.74. The summed E-state index contributed by atoms with van der Waals surface area (Å²) >= 11 is 0. The van der Waals surface area contributed by atoms with Crippen LogP contribution in [0, 0.1) is 25.6 Å². The van der Waals surface area contributed by atoms with Gasteiger partial charge in [0.25, 0.3) is 5.70 Å². The molecule has 30 heavy (non-hydrogen) atoms. The Morgan fingerprint density at radius 2 is 1.77 bits per heavy atom. The van der Waals surface area contributed by atoms with Crippen molar-refractivity contribution in [2.75, 3.05) is 0 Å². The Kier molecular flexibility index (Phi) is 4.86. The summed E-state index contributed by atoms with van der Waals surface area (Å²) in [5, 5.41) is 22.8. The lowest BCUT2D eigenvalue weighted by atomic mass is 9.62. The van der Waals surface area contributed by atoms with E-state index in [1.807, 2.05) is 33.9 Å². The van der Waals surface area contributed by atoms with Crippen LogP contribution >= 0.6 is 0 Å². The number of aliphatic imine (C=N–C) groups is 1. The molecule has 1 spiro atoms. The second kappa shape index (κ2) is 6.74. The quantitative estimate of drug-likeness (QED) is 0.289. The van der Waals surface area contributed by atoms with Crippen molar-refractivity contribution in [1.82, 2.24) is 0 Å². The van der Waals surface area contributed by atoms with Gasteiger partial charge in [-0.1, -0.05) is 32.9 Å². The fourth-order valence-electron chi connectivity index (χ4n) is 3.41. The number of hydrogen-bond acceptors (Lipinski definition) is 8. The van der Waals surface area contributed by atoms with Gasteiger partial charge in [0.1, 0.15) is 5.41 Å². The number of Topliss-reactive ketones (excluding diaryl/α,β-unsaturated/α-hetero) is 1. The van der Waals surface area contributed by atoms with Crippen LogP contribution in [0.4, 0.5) is 0 Å². The van der Waals surface area contributed by atoms with Crippen molar-refractivity contribution in [3.8, 4) is 0 Å². The molecule has 158 valence electrons.